The summed E-state index contributed by atoms with van der Waals surface area (Å²) in [6.45, 7) is 10.4. The summed E-state index contributed by atoms with van der Waals surface area (Å²) in [7, 11) is 1.53. The van der Waals surface area contributed by atoms with Gasteiger partial charge in [0.1, 0.15) is 23.9 Å². The average Bonchev–Trinajstić information content (AvgIpc) is 3.53. The van der Waals surface area contributed by atoms with Crippen LogP contribution in [0.25, 0.3) is 10.8 Å². The van der Waals surface area contributed by atoms with Gasteiger partial charge in [-0.15, -0.1) is 0 Å². The first-order valence-corrected chi connectivity index (χ1v) is 15.6. The van der Waals surface area contributed by atoms with Crippen molar-refractivity contribution in [1.82, 2.24) is 19.8 Å². The molecular formula is C34H41N7O5. The van der Waals surface area contributed by atoms with Gasteiger partial charge in [0.2, 0.25) is 5.91 Å². The summed E-state index contributed by atoms with van der Waals surface area (Å²) >= 11 is 0. The first-order valence-electron chi connectivity index (χ1n) is 15.6. The molecule has 3 aromatic rings. The predicted molar refractivity (Wildman–Crippen MR) is 175 cm³/mol. The summed E-state index contributed by atoms with van der Waals surface area (Å²) in [6, 6.07) is 12.9. The van der Waals surface area contributed by atoms with Crippen LogP contribution < -0.4 is 15.0 Å². The molecule has 0 unspecified atom stereocenters. The van der Waals surface area contributed by atoms with Crippen molar-refractivity contribution < 1.29 is 24.2 Å². The maximum Gasteiger partial charge on any atom is 0.319 e. The lowest BCUT2D eigenvalue weighted by atomic mass is 10.1. The molecule has 0 saturated carbocycles. The Hall–Kier alpha value is -4.73. The van der Waals surface area contributed by atoms with Gasteiger partial charge in [-0.25, -0.2) is 0 Å². The van der Waals surface area contributed by atoms with Crippen LogP contribution in [0, 0.1) is 11.3 Å². The molecule has 0 spiro atoms. The van der Waals surface area contributed by atoms with Gasteiger partial charge in [-0.3, -0.25) is 14.5 Å². The van der Waals surface area contributed by atoms with Crippen LogP contribution >= 0.6 is 0 Å². The topological polar surface area (TPSA) is 144 Å². The highest BCUT2D eigenvalue weighted by Crippen LogP contribution is 2.32. The quantitative estimate of drug-likeness (QED) is 0.298. The number of phenolic OH excluding ortho intramolecular Hbond substituents is 1. The highest BCUT2D eigenvalue weighted by Gasteiger charge is 2.34. The van der Waals surface area contributed by atoms with Crippen molar-refractivity contribution >= 4 is 34.1 Å². The minimum absolute atomic E-state index is 0.0141. The van der Waals surface area contributed by atoms with E-state index >= 15 is 0 Å². The van der Waals surface area contributed by atoms with Crippen LogP contribution in [0.1, 0.15) is 49.2 Å². The molecule has 2 amide bonds. The molecule has 3 heterocycles. The molecule has 2 saturated heterocycles. The Balaban J connectivity index is 1.54. The Bertz CT molecular complexity index is 1640. The first kappa shape index (κ1) is 32.7. The van der Waals surface area contributed by atoms with E-state index in [2.05, 4.69) is 41.7 Å². The van der Waals surface area contributed by atoms with Gasteiger partial charge in [0, 0.05) is 50.3 Å². The predicted octanol–water partition coefficient (Wildman–Crippen LogP) is 4.10. The number of nitrogens with zero attached hydrogens (tertiary/aromatic N) is 6. The van der Waals surface area contributed by atoms with Crippen LogP contribution in [-0.4, -0.2) is 94.7 Å². The summed E-state index contributed by atoms with van der Waals surface area (Å²) < 4.78 is 11.8. The molecule has 5 rings (SSSR count). The molecular weight excluding hydrogens is 586 g/mol. The minimum atomic E-state index is -0.518. The molecule has 2 N–H and O–H groups in total. The number of piperazine rings is 1. The number of ether oxygens (including phenoxy) is 2. The second-order valence-corrected chi connectivity index (χ2v) is 11.9. The molecule has 46 heavy (non-hydrogen) atoms. The number of fused-ring (bicyclic) bond motifs is 1. The number of methoxy groups -OCH3 is 1. The van der Waals surface area contributed by atoms with Crippen LogP contribution in [0.3, 0.4) is 0 Å². The lowest BCUT2D eigenvalue weighted by Gasteiger charge is -2.41. The number of carbonyl (C=O) groups is 2. The van der Waals surface area contributed by atoms with E-state index in [9.17, 15) is 20.0 Å². The number of amides is 2. The number of nitriles is 1. The fourth-order valence-corrected chi connectivity index (χ4v) is 6.45. The molecule has 0 aliphatic carbocycles. The molecule has 0 radical (unpaired) electrons. The van der Waals surface area contributed by atoms with Crippen molar-refractivity contribution in [3.05, 3.63) is 60.3 Å². The number of nitrogens with one attached hydrogen (secondary N) is 1. The summed E-state index contributed by atoms with van der Waals surface area (Å²) in [4.78, 5) is 42.1. The monoisotopic (exact) mass is 627 g/mol. The van der Waals surface area contributed by atoms with Crippen molar-refractivity contribution in [1.29, 1.82) is 5.26 Å². The van der Waals surface area contributed by atoms with E-state index in [1.807, 2.05) is 29.2 Å². The molecule has 12 nitrogen and oxygen atoms in total. The molecule has 12 heteroatoms. The second kappa shape index (κ2) is 14.6. The van der Waals surface area contributed by atoms with Crippen molar-refractivity contribution in [2.75, 3.05) is 50.1 Å². The standard InChI is InChI=1S/C34H41N7O5/c1-5-30(43)41-16-15-39(19-24(41)12-13-35)32-28(21-45-4)31(37-34(38-32)46-20-25-10-8-14-40(25)22(2)3)33(44)36-29-18-26(42)17-23-9-6-7-11-27(23)29/h5-7,9,11,17-18,22,24-25,42H,1,8,10,12,14-16,19-21H2,2-4H3,(H,36,44)/t24-,25-/m0/s1. The van der Waals surface area contributed by atoms with Gasteiger partial charge in [-0.05, 0) is 50.8 Å². The number of hydrogen-bond acceptors (Lipinski definition) is 10. The lowest BCUT2D eigenvalue weighted by molar-refractivity contribution is -0.128. The first-order chi connectivity index (χ1) is 22.2. The third-order valence-corrected chi connectivity index (χ3v) is 8.62. The Morgan fingerprint density at radius 1 is 1.20 bits per heavy atom. The van der Waals surface area contributed by atoms with Crippen LogP contribution in [-0.2, 0) is 16.1 Å². The minimum Gasteiger partial charge on any atom is -0.508 e. The Kier molecular flexibility index (Phi) is 10.3. The van der Waals surface area contributed by atoms with E-state index in [4.69, 9.17) is 14.5 Å². The Morgan fingerprint density at radius 2 is 2.00 bits per heavy atom. The van der Waals surface area contributed by atoms with Crippen LogP contribution in [0.4, 0.5) is 11.5 Å². The maximum atomic E-state index is 14.1. The molecule has 2 aliphatic rings. The molecule has 2 atom stereocenters. The van der Waals surface area contributed by atoms with E-state index in [-0.39, 0.29) is 42.4 Å². The number of anilines is 2. The molecule has 1 aromatic heterocycles. The fraction of sp³-hybridized carbons (Fsp3) is 0.441. The number of aromatic hydroxyl groups is 1. The normalized spacial score (nSPS) is 18.5. The summed E-state index contributed by atoms with van der Waals surface area (Å²) in [5, 5.41) is 24.4. The number of hydrogen-bond donors (Lipinski definition) is 2. The van der Waals surface area contributed by atoms with Crippen molar-refractivity contribution in [2.45, 2.75) is 57.8 Å². The number of aromatic nitrogens is 2. The fourth-order valence-electron chi connectivity index (χ4n) is 6.45. The van der Waals surface area contributed by atoms with Gasteiger partial charge in [0.15, 0.2) is 0 Å². The molecule has 0 bridgehead atoms. The van der Waals surface area contributed by atoms with E-state index in [0.717, 1.165) is 30.2 Å². The van der Waals surface area contributed by atoms with Crippen molar-refractivity contribution in [2.24, 2.45) is 0 Å². The van der Waals surface area contributed by atoms with E-state index in [1.54, 1.807) is 11.0 Å². The average molecular weight is 628 g/mol. The van der Waals surface area contributed by atoms with Gasteiger partial charge in [-0.1, -0.05) is 30.8 Å². The molecule has 2 aromatic carbocycles. The van der Waals surface area contributed by atoms with E-state index < -0.39 is 11.9 Å². The summed E-state index contributed by atoms with van der Waals surface area (Å²) in [6.07, 6.45) is 3.43. The highest BCUT2D eigenvalue weighted by molar-refractivity contribution is 6.09. The number of benzene rings is 2. The number of likely N-dealkylation sites (tertiary alicyclic amines) is 1. The van der Waals surface area contributed by atoms with E-state index in [1.165, 1.54) is 19.3 Å². The lowest BCUT2D eigenvalue weighted by Crippen LogP contribution is -2.55. The van der Waals surface area contributed by atoms with Crippen molar-refractivity contribution in [3.8, 4) is 17.8 Å². The smallest absolute Gasteiger partial charge is 0.319 e. The SMILES string of the molecule is C=CC(=O)N1CCN(c2nc(OC[C@@H]3CCCN3C(C)C)nc(C(=O)Nc3cc(O)cc4ccccc34)c2COC)C[C@@H]1CC#N. The zero-order valence-electron chi connectivity index (χ0n) is 26.6. The van der Waals surface area contributed by atoms with E-state index in [0.29, 0.717) is 49.4 Å². The van der Waals surface area contributed by atoms with Crippen molar-refractivity contribution in [3.63, 3.8) is 0 Å². The van der Waals surface area contributed by atoms with Crippen LogP contribution in [0.2, 0.25) is 0 Å². The summed E-state index contributed by atoms with van der Waals surface area (Å²) in [5.74, 6) is -0.303. The number of carbonyl (C=O) groups excluding carboxylic acids is 2. The number of phenols is 1. The Labute approximate surface area is 269 Å². The maximum absolute atomic E-state index is 14.1. The van der Waals surface area contributed by atoms with Gasteiger partial charge in [0.25, 0.3) is 5.91 Å². The second-order valence-electron chi connectivity index (χ2n) is 11.9. The molecule has 2 fully saturated rings. The van der Waals surface area contributed by atoms with Gasteiger partial charge >= 0.3 is 6.01 Å². The zero-order chi connectivity index (χ0) is 32.8. The third-order valence-electron chi connectivity index (χ3n) is 8.62. The summed E-state index contributed by atoms with van der Waals surface area (Å²) in [5.41, 5.74) is 0.944. The molecule has 242 valence electrons. The van der Waals surface area contributed by atoms with Crippen LogP contribution in [0.15, 0.2) is 49.1 Å². The third kappa shape index (κ3) is 7.06. The van der Waals surface area contributed by atoms with Gasteiger partial charge in [0.05, 0.1) is 36.4 Å². The highest BCUT2D eigenvalue weighted by atomic mass is 16.5. The largest absolute Gasteiger partial charge is 0.508 e. The van der Waals surface area contributed by atoms with Gasteiger partial charge in [-0.2, -0.15) is 15.2 Å². The van der Waals surface area contributed by atoms with Crippen LogP contribution in [0.5, 0.6) is 11.8 Å². The zero-order valence-corrected chi connectivity index (χ0v) is 26.6. The number of rotatable bonds is 11. The van der Waals surface area contributed by atoms with Gasteiger partial charge < -0.3 is 29.7 Å². The molecule has 2 aliphatic heterocycles. The Morgan fingerprint density at radius 3 is 2.74 bits per heavy atom.